The van der Waals surface area contributed by atoms with Crippen LogP contribution in [0.4, 0.5) is 0 Å². The third-order valence-electron chi connectivity index (χ3n) is 2.45. The number of carbonyl (C=O) groups is 1. The van der Waals surface area contributed by atoms with Crippen molar-refractivity contribution < 1.29 is 9.53 Å². The Morgan fingerprint density at radius 2 is 2.06 bits per heavy atom. The first-order valence-electron chi connectivity index (χ1n) is 5.80. The number of rotatable bonds is 6. The fraction of sp³-hybridized carbons (Fsp3) is 0.462. The number of halogens is 1. The molecule has 0 fully saturated rings. The van der Waals surface area contributed by atoms with Gasteiger partial charge in [0.1, 0.15) is 0 Å². The minimum Gasteiger partial charge on any atom is -0.466 e. The minimum atomic E-state index is -0.277. The van der Waals surface area contributed by atoms with Gasteiger partial charge >= 0.3 is 5.97 Å². The predicted molar refractivity (Wildman–Crippen MR) is 76.6 cm³/mol. The molecule has 0 radical (unpaired) electrons. The summed E-state index contributed by atoms with van der Waals surface area (Å²) in [6.45, 7) is 2.56. The van der Waals surface area contributed by atoms with Gasteiger partial charge in [0.15, 0.2) is 0 Å². The molecule has 1 atom stereocenters. The number of unbranched alkanes of at least 4 members (excludes halogenated alkanes) is 1. The topological polar surface area (TPSA) is 52.3 Å². The minimum absolute atomic E-state index is 0.218. The van der Waals surface area contributed by atoms with Gasteiger partial charge in [-0.3, -0.25) is 4.79 Å². The van der Waals surface area contributed by atoms with Gasteiger partial charge in [0.05, 0.1) is 13.0 Å². The van der Waals surface area contributed by atoms with Crippen LogP contribution in [-0.4, -0.2) is 12.6 Å². The molecular formula is C13H18INO2. The molecule has 0 saturated heterocycles. The maximum atomic E-state index is 11.5. The molecule has 1 aromatic rings. The van der Waals surface area contributed by atoms with Crippen LogP contribution in [0, 0.1) is 3.57 Å². The van der Waals surface area contributed by atoms with Gasteiger partial charge in [-0.2, -0.15) is 0 Å². The molecule has 0 aliphatic rings. The normalized spacial score (nSPS) is 12.2. The van der Waals surface area contributed by atoms with Crippen LogP contribution in [-0.2, 0) is 9.53 Å². The van der Waals surface area contributed by atoms with E-state index in [1.165, 1.54) is 0 Å². The zero-order chi connectivity index (χ0) is 12.7. The second-order valence-corrected chi connectivity index (χ2v) is 5.18. The summed E-state index contributed by atoms with van der Waals surface area (Å²) in [4.78, 5) is 11.5. The summed E-state index contributed by atoms with van der Waals surface area (Å²) in [5, 5.41) is 0. The van der Waals surface area contributed by atoms with E-state index in [2.05, 4.69) is 29.5 Å². The molecule has 1 rings (SSSR count). The van der Waals surface area contributed by atoms with Crippen LogP contribution >= 0.6 is 22.6 Å². The Hall–Kier alpha value is -0.620. The number of ether oxygens (including phenoxy) is 1. The van der Waals surface area contributed by atoms with Gasteiger partial charge in [0, 0.05) is 9.61 Å². The lowest BCUT2D eigenvalue weighted by atomic mass is 10.1. The number of nitrogens with two attached hydrogens (primary N) is 1. The number of benzene rings is 1. The molecule has 0 aromatic heterocycles. The van der Waals surface area contributed by atoms with E-state index in [-0.39, 0.29) is 18.4 Å². The zero-order valence-electron chi connectivity index (χ0n) is 9.99. The fourth-order valence-corrected chi connectivity index (χ4v) is 1.76. The molecule has 3 nitrogen and oxygen atoms in total. The van der Waals surface area contributed by atoms with Crippen molar-refractivity contribution in [3.63, 3.8) is 0 Å². The van der Waals surface area contributed by atoms with Crippen LogP contribution in [0.5, 0.6) is 0 Å². The third kappa shape index (κ3) is 5.50. The second kappa shape index (κ2) is 7.66. The van der Waals surface area contributed by atoms with E-state index in [1.54, 1.807) is 0 Å². The molecule has 17 heavy (non-hydrogen) atoms. The van der Waals surface area contributed by atoms with E-state index in [0.29, 0.717) is 6.61 Å². The van der Waals surface area contributed by atoms with E-state index in [0.717, 1.165) is 22.0 Å². The van der Waals surface area contributed by atoms with Gasteiger partial charge < -0.3 is 10.5 Å². The highest BCUT2D eigenvalue weighted by molar-refractivity contribution is 14.1. The second-order valence-electron chi connectivity index (χ2n) is 3.94. The van der Waals surface area contributed by atoms with Crippen molar-refractivity contribution in [2.24, 2.45) is 5.73 Å². The SMILES string of the molecule is CCCCOC(=O)CC(N)c1ccc(I)cc1. The lowest BCUT2D eigenvalue weighted by molar-refractivity contribution is -0.144. The maximum Gasteiger partial charge on any atom is 0.307 e. The van der Waals surface area contributed by atoms with Crippen molar-refractivity contribution in [1.29, 1.82) is 0 Å². The van der Waals surface area contributed by atoms with E-state index in [9.17, 15) is 4.79 Å². The summed E-state index contributed by atoms with van der Waals surface area (Å²) in [5.74, 6) is -0.218. The molecule has 0 saturated carbocycles. The Morgan fingerprint density at radius 1 is 1.41 bits per heavy atom. The average molecular weight is 347 g/mol. The monoisotopic (exact) mass is 347 g/mol. The molecule has 0 aliphatic heterocycles. The van der Waals surface area contributed by atoms with Crippen LogP contribution in [0.25, 0.3) is 0 Å². The van der Waals surface area contributed by atoms with Crippen molar-refractivity contribution in [2.75, 3.05) is 6.61 Å². The van der Waals surface area contributed by atoms with Crippen molar-refractivity contribution in [3.05, 3.63) is 33.4 Å². The molecule has 1 unspecified atom stereocenters. The van der Waals surface area contributed by atoms with Gasteiger partial charge in [-0.05, 0) is 46.7 Å². The molecule has 0 heterocycles. The Bertz CT molecular complexity index is 351. The Kier molecular flexibility index (Phi) is 6.50. The molecule has 0 spiro atoms. The van der Waals surface area contributed by atoms with Crippen molar-refractivity contribution in [1.82, 2.24) is 0 Å². The fourth-order valence-electron chi connectivity index (χ4n) is 1.40. The molecular weight excluding hydrogens is 329 g/mol. The lowest BCUT2D eigenvalue weighted by Gasteiger charge is -2.11. The van der Waals surface area contributed by atoms with E-state index < -0.39 is 0 Å². The smallest absolute Gasteiger partial charge is 0.307 e. The van der Waals surface area contributed by atoms with Crippen molar-refractivity contribution >= 4 is 28.6 Å². The van der Waals surface area contributed by atoms with Gasteiger partial charge in [0.25, 0.3) is 0 Å². The summed E-state index contributed by atoms with van der Waals surface area (Å²) in [6, 6.07) is 7.59. The summed E-state index contributed by atoms with van der Waals surface area (Å²) < 4.78 is 6.23. The van der Waals surface area contributed by atoms with Crippen LogP contribution in [0.1, 0.15) is 37.8 Å². The van der Waals surface area contributed by atoms with Crippen LogP contribution in [0.2, 0.25) is 0 Å². The summed E-state index contributed by atoms with van der Waals surface area (Å²) in [5.41, 5.74) is 6.92. The van der Waals surface area contributed by atoms with Gasteiger partial charge in [-0.15, -0.1) is 0 Å². The first-order valence-corrected chi connectivity index (χ1v) is 6.88. The first-order chi connectivity index (χ1) is 8.13. The number of hydrogen-bond acceptors (Lipinski definition) is 3. The van der Waals surface area contributed by atoms with Crippen LogP contribution in [0.3, 0.4) is 0 Å². The molecule has 94 valence electrons. The molecule has 1 aromatic carbocycles. The summed E-state index contributed by atoms with van der Waals surface area (Å²) in [7, 11) is 0. The quantitative estimate of drug-likeness (QED) is 0.489. The highest BCUT2D eigenvalue weighted by Crippen LogP contribution is 2.16. The maximum absolute atomic E-state index is 11.5. The van der Waals surface area contributed by atoms with Crippen LogP contribution < -0.4 is 5.73 Å². The predicted octanol–water partition coefficient (Wildman–Crippen LogP) is 3.02. The van der Waals surface area contributed by atoms with Gasteiger partial charge in [-0.25, -0.2) is 0 Å². The van der Waals surface area contributed by atoms with Gasteiger partial charge in [-0.1, -0.05) is 25.5 Å². The molecule has 0 bridgehead atoms. The van der Waals surface area contributed by atoms with Crippen LogP contribution in [0.15, 0.2) is 24.3 Å². The molecule has 0 aliphatic carbocycles. The number of hydrogen-bond donors (Lipinski definition) is 1. The summed E-state index contributed by atoms with van der Waals surface area (Å²) >= 11 is 2.24. The Balaban J connectivity index is 2.40. The first kappa shape index (κ1) is 14.4. The Labute approximate surface area is 116 Å². The number of carbonyl (C=O) groups excluding carboxylic acids is 1. The zero-order valence-corrected chi connectivity index (χ0v) is 12.1. The third-order valence-corrected chi connectivity index (χ3v) is 3.16. The van der Waals surface area contributed by atoms with Gasteiger partial charge in [0.2, 0.25) is 0 Å². The van der Waals surface area contributed by atoms with E-state index >= 15 is 0 Å². The van der Waals surface area contributed by atoms with Crippen molar-refractivity contribution in [2.45, 2.75) is 32.2 Å². The molecule has 0 amide bonds. The van der Waals surface area contributed by atoms with Crippen molar-refractivity contribution in [3.8, 4) is 0 Å². The molecule has 2 N–H and O–H groups in total. The number of esters is 1. The standard InChI is InChI=1S/C13H18INO2/c1-2-3-8-17-13(16)9-12(15)10-4-6-11(14)7-5-10/h4-7,12H,2-3,8-9,15H2,1H3. The molecule has 4 heteroatoms. The largest absolute Gasteiger partial charge is 0.466 e. The summed E-state index contributed by atoms with van der Waals surface area (Å²) in [6.07, 6.45) is 2.17. The highest BCUT2D eigenvalue weighted by atomic mass is 127. The highest BCUT2D eigenvalue weighted by Gasteiger charge is 2.12. The van der Waals surface area contributed by atoms with E-state index in [4.69, 9.17) is 10.5 Å². The van der Waals surface area contributed by atoms with E-state index in [1.807, 2.05) is 24.3 Å². The average Bonchev–Trinajstić information content (AvgIpc) is 2.30. The Morgan fingerprint density at radius 3 is 2.65 bits per heavy atom. The lowest BCUT2D eigenvalue weighted by Crippen LogP contribution is -2.17.